The van der Waals surface area contributed by atoms with Crippen molar-refractivity contribution in [3.05, 3.63) is 59.9 Å². The van der Waals surface area contributed by atoms with Gasteiger partial charge in [-0.05, 0) is 67.3 Å². The van der Waals surface area contributed by atoms with Crippen LogP contribution in [0.15, 0.2) is 48.5 Å². The minimum atomic E-state index is -0.454. The van der Waals surface area contributed by atoms with Crippen molar-refractivity contribution >= 4 is 5.69 Å². The Morgan fingerprint density at radius 1 is 0.971 bits per heavy atom. The van der Waals surface area contributed by atoms with Gasteiger partial charge in [0.2, 0.25) is 0 Å². The molecule has 1 atom stereocenters. The second kappa shape index (κ2) is 12.2. The highest BCUT2D eigenvalue weighted by Gasteiger charge is 2.35. The van der Waals surface area contributed by atoms with Crippen molar-refractivity contribution < 1.29 is 9.13 Å². The number of hydrogen-bond donors (Lipinski definition) is 0. The summed E-state index contributed by atoms with van der Waals surface area (Å²) in [6.45, 7) is 10.9. The third kappa shape index (κ3) is 6.71. The summed E-state index contributed by atoms with van der Waals surface area (Å²) in [7, 11) is 4.07. The predicted octanol–water partition coefficient (Wildman–Crippen LogP) is 4.79. The first kappa shape index (κ1) is 26.0. The molecule has 1 unspecified atom stereocenters. The number of piperazine rings is 1. The van der Waals surface area contributed by atoms with Crippen molar-refractivity contribution in [3.63, 3.8) is 0 Å². The molecule has 184 valence electrons. The van der Waals surface area contributed by atoms with Crippen molar-refractivity contribution in [1.82, 2.24) is 9.80 Å². The fourth-order valence-electron chi connectivity index (χ4n) is 4.71. The lowest BCUT2D eigenvalue weighted by atomic mass is 9.70. The second-order valence-corrected chi connectivity index (χ2v) is 9.77. The first-order valence-corrected chi connectivity index (χ1v) is 12.4. The third-order valence-electron chi connectivity index (χ3n) is 7.08. The van der Waals surface area contributed by atoms with E-state index in [1.54, 1.807) is 12.1 Å². The summed E-state index contributed by atoms with van der Waals surface area (Å²) in [5.74, 6) is 0.717. The second-order valence-electron chi connectivity index (χ2n) is 9.77. The van der Waals surface area contributed by atoms with Gasteiger partial charge in [-0.25, -0.2) is 4.39 Å². The van der Waals surface area contributed by atoms with Gasteiger partial charge in [0, 0.05) is 52.5 Å². The van der Waals surface area contributed by atoms with Crippen molar-refractivity contribution in [2.75, 3.05) is 64.9 Å². The highest BCUT2D eigenvalue weighted by molar-refractivity contribution is 5.48. The number of nitrogens with zero attached hydrogens (tertiary/aromatic N) is 4. The molecule has 1 aliphatic heterocycles. The molecule has 0 bridgehead atoms. The normalized spacial score (nSPS) is 16.7. The first-order valence-electron chi connectivity index (χ1n) is 12.4. The zero-order chi connectivity index (χ0) is 24.6. The number of benzene rings is 2. The van der Waals surface area contributed by atoms with Crippen LogP contribution in [0.3, 0.4) is 0 Å². The minimum absolute atomic E-state index is 0.244. The Bertz CT molecular complexity index is 915. The highest BCUT2D eigenvalue weighted by atomic mass is 19.1. The Kier molecular flexibility index (Phi) is 9.32. The number of nitriles is 1. The maximum absolute atomic E-state index is 13.0. The van der Waals surface area contributed by atoms with E-state index in [2.05, 4.69) is 58.9 Å². The van der Waals surface area contributed by atoms with Crippen LogP contribution >= 0.6 is 0 Å². The van der Waals surface area contributed by atoms with Gasteiger partial charge in [-0.15, -0.1) is 0 Å². The van der Waals surface area contributed by atoms with Crippen LogP contribution in [-0.4, -0.2) is 69.8 Å². The zero-order valence-corrected chi connectivity index (χ0v) is 21.1. The maximum atomic E-state index is 13.0. The zero-order valence-electron chi connectivity index (χ0n) is 21.1. The lowest BCUT2D eigenvalue weighted by Crippen LogP contribution is -2.47. The molecule has 0 N–H and O–H groups in total. The molecule has 0 aromatic heterocycles. The molecule has 2 aromatic rings. The molecule has 1 saturated heterocycles. The monoisotopic (exact) mass is 466 g/mol. The lowest BCUT2D eigenvalue weighted by molar-refractivity contribution is 0.114. The summed E-state index contributed by atoms with van der Waals surface area (Å²) in [5.41, 5.74) is 1.83. The maximum Gasteiger partial charge on any atom is 0.123 e. The Labute approximate surface area is 204 Å². The predicted molar refractivity (Wildman–Crippen MR) is 137 cm³/mol. The van der Waals surface area contributed by atoms with Gasteiger partial charge in [0.25, 0.3) is 0 Å². The Balaban J connectivity index is 1.44. The van der Waals surface area contributed by atoms with Crippen LogP contribution in [0.2, 0.25) is 0 Å². The van der Waals surface area contributed by atoms with E-state index in [0.717, 1.165) is 63.4 Å². The molecule has 6 heteroatoms. The molecule has 1 fully saturated rings. The van der Waals surface area contributed by atoms with Crippen LogP contribution in [0.4, 0.5) is 10.1 Å². The topological polar surface area (TPSA) is 42.7 Å². The van der Waals surface area contributed by atoms with Crippen LogP contribution in [0.1, 0.15) is 32.3 Å². The van der Waals surface area contributed by atoms with Crippen LogP contribution in [0.5, 0.6) is 5.75 Å². The number of ether oxygens (including phenoxy) is 1. The van der Waals surface area contributed by atoms with Gasteiger partial charge < -0.3 is 14.5 Å². The average Bonchev–Trinajstić information content (AvgIpc) is 2.84. The number of hydrogen-bond acceptors (Lipinski definition) is 5. The molecule has 1 heterocycles. The minimum Gasteiger partial charge on any atom is -0.492 e. The van der Waals surface area contributed by atoms with E-state index < -0.39 is 5.41 Å². The number of rotatable bonds is 11. The molecule has 2 aromatic carbocycles. The molecule has 0 radical (unpaired) electrons. The van der Waals surface area contributed by atoms with E-state index in [-0.39, 0.29) is 11.7 Å². The smallest absolute Gasteiger partial charge is 0.123 e. The van der Waals surface area contributed by atoms with Gasteiger partial charge in [-0.2, -0.15) is 5.26 Å². The van der Waals surface area contributed by atoms with Gasteiger partial charge in [0.05, 0.1) is 11.5 Å². The van der Waals surface area contributed by atoms with Crippen LogP contribution in [0.25, 0.3) is 0 Å². The Morgan fingerprint density at radius 3 is 2.09 bits per heavy atom. The highest BCUT2D eigenvalue weighted by Crippen LogP contribution is 2.37. The lowest BCUT2D eigenvalue weighted by Gasteiger charge is -2.36. The molecule has 5 nitrogen and oxygen atoms in total. The first-order chi connectivity index (χ1) is 16.3. The molecule has 0 aliphatic carbocycles. The van der Waals surface area contributed by atoms with Crippen LogP contribution in [0, 0.1) is 23.1 Å². The van der Waals surface area contributed by atoms with Gasteiger partial charge >= 0.3 is 0 Å². The molecule has 3 rings (SSSR count). The summed E-state index contributed by atoms with van der Waals surface area (Å²) in [6, 6.07) is 17.4. The van der Waals surface area contributed by atoms with Crippen molar-refractivity contribution in [2.45, 2.75) is 32.1 Å². The molecule has 0 saturated carbocycles. The van der Waals surface area contributed by atoms with Gasteiger partial charge in [0.1, 0.15) is 18.2 Å². The largest absolute Gasteiger partial charge is 0.492 e. The molecule has 0 amide bonds. The van der Waals surface area contributed by atoms with E-state index >= 15 is 0 Å². The standard InChI is InChI=1S/C28H39FN4O/c1-23(2)28(22-30,24-6-10-26(11-7-24)31(3)4)14-5-15-32-16-18-33(19-17-32)20-21-34-27-12-8-25(29)9-13-27/h6-13,23H,5,14-21H2,1-4H3. The summed E-state index contributed by atoms with van der Waals surface area (Å²) >= 11 is 0. The van der Waals surface area contributed by atoms with E-state index in [0.29, 0.717) is 12.4 Å². The van der Waals surface area contributed by atoms with Crippen molar-refractivity contribution in [2.24, 2.45) is 5.92 Å². The summed E-state index contributed by atoms with van der Waals surface area (Å²) in [4.78, 5) is 7.01. The van der Waals surface area contributed by atoms with E-state index in [4.69, 9.17) is 4.74 Å². The SMILES string of the molecule is CC(C)C(C#N)(CCCN1CCN(CCOc2ccc(F)cc2)CC1)c1ccc(N(C)C)cc1. The van der Waals surface area contributed by atoms with E-state index in [1.807, 2.05) is 14.1 Å². The van der Waals surface area contributed by atoms with Crippen LogP contribution < -0.4 is 9.64 Å². The summed E-state index contributed by atoms with van der Waals surface area (Å²) in [6.07, 6.45) is 1.88. The fraction of sp³-hybridized carbons (Fsp3) is 0.536. The van der Waals surface area contributed by atoms with Crippen molar-refractivity contribution in [1.29, 1.82) is 5.26 Å². The fourth-order valence-corrected chi connectivity index (χ4v) is 4.71. The number of anilines is 1. The third-order valence-corrected chi connectivity index (χ3v) is 7.08. The molecule has 1 aliphatic rings. The summed E-state index contributed by atoms with van der Waals surface area (Å²) < 4.78 is 18.7. The quantitative estimate of drug-likeness (QED) is 0.477. The van der Waals surface area contributed by atoms with E-state index in [9.17, 15) is 9.65 Å². The van der Waals surface area contributed by atoms with Gasteiger partial charge in [0.15, 0.2) is 0 Å². The van der Waals surface area contributed by atoms with Crippen LogP contribution in [-0.2, 0) is 5.41 Å². The van der Waals surface area contributed by atoms with Crippen molar-refractivity contribution in [3.8, 4) is 11.8 Å². The van der Waals surface area contributed by atoms with Gasteiger partial charge in [-0.1, -0.05) is 26.0 Å². The molecule has 0 spiro atoms. The van der Waals surface area contributed by atoms with Gasteiger partial charge in [-0.3, -0.25) is 4.90 Å². The average molecular weight is 467 g/mol. The molecular formula is C28H39FN4O. The summed E-state index contributed by atoms with van der Waals surface area (Å²) in [5, 5.41) is 10.2. The Hall–Kier alpha value is -2.62. The molecular weight excluding hydrogens is 427 g/mol. The molecule has 34 heavy (non-hydrogen) atoms. The Morgan fingerprint density at radius 2 is 1.56 bits per heavy atom. The van der Waals surface area contributed by atoms with E-state index in [1.165, 1.54) is 12.1 Å². The number of halogens is 1.